The Kier molecular flexibility index (Phi) is 5.51. The van der Waals surface area contributed by atoms with Crippen molar-refractivity contribution in [2.45, 2.75) is 5.75 Å². The van der Waals surface area contributed by atoms with Crippen LogP contribution in [0.15, 0.2) is 54.6 Å². The summed E-state index contributed by atoms with van der Waals surface area (Å²) in [6.07, 6.45) is 0. The van der Waals surface area contributed by atoms with Crippen LogP contribution in [0.2, 0.25) is 0 Å². The molecule has 0 atom stereocenters. The fourth-order valence-corrected chi connectivity index (χ4v) is 3.04. The van der Waals surface area contributed by atoms with Crippen molar-refractivity contribution < 1.29 is 17.5 Å². The Morgan fingerprint density at radius 1 is 1.05 bits per heavy atom. The molecule has 2 rings (SSSR count). The molecule has 2 aromatic carbocycles. The quantitative estimate of drug-likeness (QED) is 0.787. The van der Waals surface area contributed by atoms with Crippen molar-refractivity contribution in [2.75, 3.05) is 20.2 Å². The van der Waals surface area contributed by atoms with Crippen LogP contribution in [0.4, 0.5) is 4.39 Å². The van der Waals surface area contributed by atoms with Crippen molar-refractivity contribution in [1.29, 1.82) is 0 Å². The molecule has 0 amide bonds. The standard InChI is InChI=1S/C16H18FNO3S/c1-18(11-12-21-16-9-7-15(17)8-10-16)22(19,20)13-14-5-3-2-4-6-14/h2-10H,11-13H2,1H3. The first-order valence-electron chi connectivity index (χ1n) is 6.84. The molecule has 0 aromatic heterocycles. The summed E-state index contributed by atoms with van der Waals surface area (Å²) >= 11 is 0. The number of nitrogens with zero attached hydrogens (tertiary/aromatic N) is 1. The van der Waals surface area contributed by atoms with E-state index in [9.17, 15) is 12.8 Å². The van der Waals surface area contributed by atoms with E-state index in [4.69, 9.17) is 4.74 Å². The highest BCUT2D eigenvalue weighted by Gasteiger charge is 2.18. The van der Waals surface area contributed by atoms with Gasteiger partial charge in [-0.25, -0.2) is 17.1 Å². The third-order valence-corrected chi connectivity index (χ3v) is 4.99. The SMILES string of the molecule is CN(CCOc1ccc(F)cc1)S(=O)(=O)Cc1ccccc1. The van der Waals surface area contributed by atoms with E-state index in [1.807, 2.05) is 18.2 Å². The lowest BCUT2D eigenvalue weighted by atomic mass is 10.2. The maximum atomic E-state index is 12.8. The normalized spacial score (nSPS) is 11.6. The van der Waals surface area contributed by atoms with Gasteiger partial charge in [-0.05, 0) is 29.8 Å². The minimum atomic E-state index is -3.38. The zero-order valence-electron chi connectivity index (χ0n) is 12.3. The third-order valence-electron chi connectivity index (χ3n) is 3.16. The monoisotopic (exact) mass is 323 g/mol. The second-order valence-electron chi connectivity index (χ2n) is 4.87. The molecule has 0 fully saturated rings. The summed E-state index contributed by atoms with van der Waals surface area (Å²) in [5.41, 5.74) is 0.744. The van der Waals surface area contributed by atoms with Gasteiger partial charge in [0.05, 0.1) is 5.75 Å². The minimum Gasteiger partial charge on any atom is -0.492 e. The van der Waals surface area contributed by atoms with E-state index < -0.39 is 10.0 Å². The van der Waals surface area contributed by atoms with Crippen LogP contribution in [0, 0.1) is 5.82 Å². The summed E-state index contributed by atoms with van der Waals surface area (Å²) in [5.74, 6) is 0.131. The predicted octanol–water partition coefficient (Wildman–Crippen LogP) is 2.67. The summed E-state index contributed by atoms with van der Waals surface area (Å²) in [5, 5.41) is 0. The number of halogens is 1. The van der Waals surface area contributed by atoms with Crippen LogP contribution in [0.25, 0.3) is 0 Å². The average molecular weight is 323 g/mol. The summed E-state index contributed by atoms with van der Waals surface area (Å²) in [6, 6.07) is 14.6. The fraction of sp³-hybridized carbons (Fsp3) is 0.250. The van der Waals surface area contributed by atoms with E-state index >= 15 is 0 Å². The van der Waals surface area contributed by atoms with Gasteiger partial charge in [0.2, 0.25) is 10.0 Å². The van der Waals surface area contributed by atoms with E-state index in [1.54, 1.807) is 12.1 Å². The van der Waals surface area contributed by atoms with E-state index in [2.05, 4.69) is 0 Å². The van der Waals surface area contributed by atoms with E-state index in [-0.39, 0.29) is 24.7 Å². The second kappa shape index (κ2) is 7.38. The highest BCUT2D eigenvalue weighted by Crippen LogP contribution is 2.12. The number of hydrogen-bond donors (Lipinski definition) is 0. The van der Waals surface area contributed by atoms with Crippen LogP contribution >= 0.6 is 0 Å². The molecule has 0 bridgehead atoms. The summed E-state index contributed by atoms with van der Waals surface area (Å²) in [7, 11) is -1.86. The smallest absolute Gasteiger partial charge is 0.218 e. The van der Waals surface area contributed by atoms with Crippen LogP contribution in [0.3, 0.4) is 0 Å². The van der Waals surface area contributed by atoms with Gasteiger partial charge >= 0.3 is 0 Å². The minimum absolute atomic E-state index is 0.0408. The molecule has 0 aliphatic carbocycles. The second-order valence-corrected chi connectivity index (χ2v) is 6.94. The molecule has 4 nitrogen and oxygen atoms in total. The maximum absolute atomic E-state index is 12.8. The van der Waals surface area contributed by atoms with E-state index in [0.717, 1.165) is 5.56 Å². The molecule has 22 heavy (non-hydrogen) atoms. The molecule has 0 heterocycles. The van der Waals surface area contributed by atoms with Gasteiger partial charge in [-0.15, -0.1) is 0 Å². The highest BCUT2D eigenvalue weighted by molar-refractivity contribution is 7.88. The number of sulfonamides is 1. The highest BCUT2D eigenvalue weighted by atomic mass is 32.2. The van der Waals surface area contributed by atoms with Crippen molar-refractivity contribution in [1.82, 2.24) is 4.31 Å². The Balaban J connectivity index is 1.85. The van der Waals surface area contributed by atoms with Gasteiger partial charge < -0.3 is 4.74 Å². The van der Waals surface area contributed by atoms with Crippen LogP contribution in [-0.2, 0) is 15.8 Å². The van der Waals surface area contributed by atoms with Gasteiger partial charge in [-0.3, -0.25) is 0 Å². The molecular weight excluding hydrogens is 305 g/mol. The van der Waals surface area contributed by atoms with Gasteiger partial charge in [-0.1, -0.05) is 30.3 Å². The zero-order chi connectivity index (χ0) is 16.0. The van der Waals surface area contributed by atoms with E-state index in [0.29, 0.717) is 5.75 Å². The first-order valence-corrected chi connectivity index (χ1v) is 8.44. The number of ether oxygens (including phenoxy) is 1. The summed E-state index contributed by atoms with van der Waals surface area (Å²) in [6.45, 7) is 0.433. The molecule has 118 valence electrons. The first-order chi connectivity index (χ1) is 10.5. The molecule has 2 aromatic rings. The molecular formula is C16H18FNO3S. The van der Waals surface area contributed by atoms with Crippen molar-refractivity contribution in [3.63, 3.8) is 0 Å². The molecule has 0 saturated heterocycles. The number of benzene rings is 2. The topological polar surface area (TPSA) is 46.6 Å². The van der Waals surface area contributed by atoms with Crippen LogP contribution < -0.4 is 4.74 Å². The fourth-order valence-electron chi connectivity index (χ4n) is 1.86. The van der Waals surface area contributed by atoms with Crippen LogP contribution in [-0.4, -0.2) is 32.9 Å². The van der Waals surface area contributed by atoms with Crippen LogP contribution in [0.1, 0.15) is 5.56 Å². The number of hydrogen-bond acceptors (Lipinski definition) is 3. The Morgan fingerprint density at radius 3 is 2.32 bits per heavy atom. The van der Waals surface area contributed by atoms with Crippen LogP contribution in [0.5, 0.6) is 5.75 Å². The van der Waals surface area contributed by atoms with Crippen molar-refractivity contribution >= 4 is 10.0 Å². The lowest BCUT2D eigenvalue weighted by molar-refractivity contribution is 0.286. The molecule has 6 heteroatoms. The lowest BCUT2D eigenvalue weighted by Gasteiger charge is -2.17. The molecule has 0 aliphatic heterocycles. The molecule has 0 saturated carbocycles. The van der Waals surface area contributed by atoms with Crippen molar-refractivity contribution in [3.8, 4) is 5.75 Å². The van der Waals surface area contributed by atoms with Gasteiger partial charge in [0.1, 0.15) is 18.2 Å². The van der Waals surface area contributed by atoms with Gasteiger partial charge in [0, 0.05) is 13.6 Å². The largest absolute Gasteiger partial charge is 0.492 e. The van der Waals surface area contributed by atoms with Crippen molar-refractivity contribution in [3.05, 3.63) is 66.0 Å². The first kappa shape index (κ1) is 16.5. The molecule has 0 aliphatic rings. The summed E-state index contributed by atoms with van der Waals surface area (Å²) in [4.78, 5) is 0. The van der Waals surface area contributed by atoms with Crippen molar-refractivity contribution in [2.24, 2.45) is 0 Å². The lowest BCUT2D eigenvalue weighted by Crippen LogP contribution is -2.32. The Hall–Kier alpha value is -1.92. The zero-order valence-corrected chi connectivity index (χ0v) is 13.1. The Bertz CT molecular complexity index is 687. The predicted molar refractivity (Wildman–Crippen MR) is 83.6 cm³/mol. The molecule has 0 N–H and O–H groups in total. The van der Waals surface area contributed by atoms with E-state index in [1.165, 1.54) is 35.6 Å². The Labute approximate surface area is 130 Å². The van der Waals surface area contributed by atoms with Gasteiger partial charge in [0.25, 0.3) is 0 Å². The van der Waals surface area contributed by atoms with Gasteiger partial charge in [-0.2, -0.15) is 0 Å². The summed E-state index contributed by atoms with van der Waals surface area (Å²) < 4.78 is 43.8. The molecule has 0 spiro atoms. The average Bonchev–Trinajstić information content (AvgIpc) is 2.49. The van der Waals surface area contributed by atoms with Gasteiger partial charge in [0.15, 0.2) is 0 Å². The Morgan fingerprint density at radius 2 is 1.68 bits per heavy atom. The number of likely N-dealkylation sites (N-methyl/N-ethyl adjacent to an activating group) is 1. The molecule has 0 radical (unpaired) electrons. The molecule has 0 unspecified atom stereocenters. The third kappa shape index (κ3) is 4.82. The maximum Gasteiger partial charge on any atom is 0.218 e. The number of rotatable bonds is 7.